The van der Waals surface area contributed by atoms with Crippen LogP contribution in [0, 0.1) is 5.92 Å². The van der Waals surface area contributed by atoms with Gasteiger partial charge >= 0.3 is 0 Å². The largest absolute Gasteiger partial charge is 0.395 e. The molecule has 0 fully saturated rings. The van der Waals surface area contributed by atoms with Crippen LogP contribution in [0.3, 0.4) is 0 Å². The van der Waals surface area contributed by atoms with Crippen molar-refractivity contribution in [3.63, 3.8) is 0 Å². The first-order chi connectivity index (χ1) is 9.17. The molecule has 0 bridgehead atoms. The first kappa shape index (κ1) is 18.8. The molecule has 0 aromatic rings. The lowest BCUT2D eigenvalue weighted by atomic mass is 10.1. The highest BCUT2D eigenvalue weighted by Gasteiger charge is 2.21. The van der Waals surface area contributed by atoms with Crippen LogP contribution in [0.2, 0.25) is 0 Å². The third-order valence-electron chi connectivity index (χ3n) is 2.45. The van der Waals surface area contributed by atoms with Crippen molar-refractivity contribution in [3.8, 4) is 0 Å². The van der Waals surface area contributed by atoms with Gasteiger partial charge in [-0.15, -0.1) is 0 Å². The predicted octanol–water partition coefficient (Wildman–Crippen LogP) is 1.75. The number of hydrogen-bond donors (Lipinski definition) is 1. The lowest BCUT2D eigenvalue weighted by Gasteiger charge is -2.19. The zero-order chi connectivity index (χ0) is 15.8. The van der Waals surface area contributed by atoms with Crippen molar-refractivity contribution in [2.45, 2.75) is 46.6 Å². The van der Waals surface area contributed by atoms with Gasteiger partial charge in [0, 0.05) is 18.8 Å². The van der Waals surface area contributed by atoms with Crippen molar-refractivity contribution in [2.75, 3.05) is 19.8 Å². The van der Waals surface area contributed by atoms with E-state index in [2.05, 4.69) is 34.6 Å². The fourth-order valence-corrected chi connectivity index (χ4v) is 1.35. The number of aliphatic hydroxyl groups is 1. The van der Waals surface area contributed by atoms with Crippen molar-refractivity contribution in [2.24, 2.45) is 5.92 Å². The maximum atomic E-state index is 10.7. The van der Waals surface area contributed by atoms with Gasteiger partial charge in [0.15, 0.2) is 0 Å². The predicted molar refractivity (Wildman–Crippen MR) is 78.1 cm³/mol. The Morgan fingerprint density at radius 2 is 1.70 bits per heavy atom. The second-order valence-electron chi connectivity index (χ2n) is 6.03. The van der Waals surface area contributed by atoms with E-state index in [-0.39, 0.29) is 30.6 Å². The van der Waals surface area contributed by atoms with Crippen LogP contribution in [-0.2, 0) is 14.3 Å². The summed E-state index contributed by atoms with van der Waals surface area (Å²) in [6.07, 6.45) is 3.55. The lowest BCUT2D eigenvalue weighted by molar-refractivity contribution is -0.137. The third-order valence-corrected chi connectivity index (χ3v) is 2.45. The molecule has 1 rings (SSSR count). The summed E-state index contributed by atoms with van der Waals surface area (Å²) in [6, 6.07) is 0. The van der Waals surface area contributed by atoms with Crippen LogP contribution < -0.4 is 0 Å². The molecule has 0 unspecified atom stereocenters. The van der Waals surface area contributed by atoms with Gasteiger partial charge in [0.2, 0.25) is 0 Å². The molecule has 0 atom stereocenters. The maximum absolute atomic E-state index is 10.7. The first-order valence-corrected chi connectivity index (χ1v) is 6.95. The Morgan fingerprint density at radius 3 is 2.05 bits per heavy atom. The summed E-state index contributed by atoms with van der Waals surface area (Å²) in [6.45, 7) is 11.5. The van der Waals surface area contributed by atoms with Gasteiger partial charge in [0.1, 0.15) is 0 Å². The van der Waals surface area contributed by atoms with Crippen LogP contribution in [0.15, 0.2) is 12.2 Å². The van der Waals surface area contributed by atoms with Crippen molar-refractivity contribution < 1.29 is 19.4 Å². The quantitative estimate of drug-likeness (QED) is 0.782. The number of β-amino-alcohol motifs (C(OH)–C–C–N with tert-alkyl or cyclic N) is 1. The Hall–Kier alpha value is -1.20. The van der Waals surface area contributed by atoms with Crippen molar-refractivity contribution >= 4 is 11.8 Å². The van der Waals surface area contributed by atoms with E-state index in [1.165, 1.54) is 12.2 Å². The summed E-state index contributed by atoms with van der Waals surface area (Å²) in [5.41, 5.74) is 0.0366. The van der Waals surface area contributed by atoms with Gasteiger partial charge in [-0.2, -0.15) is 0 Å². The minimum Gasteiger partial charge on any atom is -0.395 e. The Morgan fingerprint density at radius 1 is 1.20 bits per heavy atom. The number of aliphatic hydroxyl groups excluding tert-OH is 1. The third kappa shape index (κ3) is 8.82. The molecule has 1 aliphatic rings. The van der Waals surface area contributed by atoms with Crippen molar-refractivity contribution in [1.82, 2.24) is 4.90 Å². The molecule has 0 aliphatic carbocycles. The molecule has 20 heavy (non-hydrogen) atoms. The number of rotatable bonds is 5. The summed E-state index contributed by atoms with van der Waals surface area (Å²) in [4.78, 5) is 22.3. The molecule has 0 saturated heterocycles. The van der Waals surface area contributed by atoms with E-state index in [4.69, 9.17) is 9.84 Å². The first-order valence-electron chi connectivity index (χ1n) is 6.95. The fraction of sp³-hybridized carbons (Fsp3) is 0.733. The van der Waals surface area contributed by atoms with Gasteiger partial charge in [0.05, 0.1) is 18.8 Å². The van der Waals surface area contributed by atoms with Crippen molar-refractivity contribution in [1.29, 1.82) is 0 Å². The highest BCUT2D eigenvalue weighted by atomic mass is 16.5. The molecule has 0 spiro atoms. The molecule has 0 saturated carbocycles. The van der Waals surface area contributed by atoms with E-state index in [0.29, 0.717) is 0 Å². The number of ether oxygens (including phenoxy) is 1. The van der Waals surface area contributed by atoms with Gasteiger partial charge in [-0.05, 0) is 33.1 Å². The summed E-state index contributed by atoms with van der Waals surface area (Å²) < 4.78 is 5.54. The Labute approximate surface area is 121 Å². The van der Waals surface area contributed by atoms with Gasteiger partial charge in [-0.25, -0.2) is 0 Å². The van der Waals surface area contributed by atoms with E-state index >= 15 is 0 Å². The Kier molecular flexibility index (Phi) is 8.34. The average Bonchev–Trinajstić information content (AvgIpc) is 2.60. The monoisotopic (exact) mass is 285 g/mol. The maximum Gasteiger partial charge on any atom is 0.253 e. The van der Waals surface area contributed by atoms with E-state index in [9.17, 15) is 9.59 Å². The average molecular weight is 285 g/mol. The van der Waals surface area contributed by atoms with E-state index < -0.39 is 0 Å². The SMILES string of the molecule is CC(C)CCOC(C)(C)C.O=C1C=CC(=O)N1CCO. The highest BCUT2D eigenvalue weighted by Crippen LogP contribution is 2.09. The van der Waals surface area contributed by atoms with Crippen LogP contribution in [0.25, 0.3) is 0 Å². The fourth-order valence-electron chi connectivity index (χ4n) is 1.35. The molecule has 5 heteroatoms. The molecule has 116 valence electrons. The van der Waals surface area contributed by atoms with Crippen LogP contribution in [-0.4, -0.2) is 47.2 Å². The molecule has 2 amide bonds. The molecule has 1 heterocycles. The van der Waals surface area contributed by atoms with Crippen LogP contribution in [0.4, 0.5) is 0 Å². The number of amides is 2. The van der Waals surface area contributed by atoms with E-state index in [1.54, 1.807) is 0 Å². The van der Waals surface area contributed by atoms with E-state index in [0.717, 1.165) is 23.8 Å². The minimum atomic E-state index is -0.348. The van der Waals surface area contributed by atoms with Crippen molar-refractivity contribution in [3.05, 3.63) is 12.2 Å². The van der Waals surface area contributed by atoms with Crippen LogP contribution in [0.5, 0.6) is 0 Å². The topological polar surface area (TPSA) is 66.8 Å². The summed E-state index contributed by atoms with van der Waals surface area (Å²) in [5.74, 6) is 0.0560. The normalized spacial score (nSPS) is 14.8. The zero-order valence-corrected chi connectivity index (χ0v) is 13.2. The number of hydrogen-bond acceptors (Lipinski definition) is 4. The molecule has 0 aromatic carbocycles. The minimum absolute atomic E-state index is 0.0366. The summed E-state index contributed by atoms with van der Waals surface area (Å²) >= 11 is 0. The zero-order valence-electron chi connectivity index (χ0n) is 13.2. The number of nitrogens with zero attached hydrogens (tertiary/aromatic N) is 1. The van der Waals surface area contributed by atoms with Gasteiger partial charge in [-0.1, -0.05) is 13.8 Å². The standard InChI is InChI=1S/C9H20O.C6H7NO3/c1-8(2)6-7-10-9(3,4)5;8-4-3-7-5(9)1-2-6(7)10/h8H,6-7H2,1-5H3;1-2,8H,3-4H2. The van der Waals surface area contributed by atoms with Crippen LogP contribution in [0.1, 0.15) is 41.0 Å². The molecule has 5 nitrogen and oxygen atoms in total. The molecular weight excluding hydrogens is 258 g/mol. The number of carbonyl (C=O) groups is 2. The molecule has 0 radical (unpaired) electrons. The van der Waals surface area contributed by atoms with Gasteiger partial charge in [0.25, 0.3) is 11.8 Å². The smallest absolute Gasteiger partial charge is 0.253 e. The Bertz CT molecular complexity index is 324. The number of imide groups is 1. The van der Waals surface area contributed by atoms with E-state index in [1.807, 2.05) is 0 Å². The molecule has 1 aliphatic heterocycles. The Balaban J connectivity index is 0.000000361. The molecule has 1 N–H and O–H groups in total. The summed E-state index contributed by atoms with van der Waals surface area (Å²) in [7, 11) is 0. The second-order valence-corrected chi connectivity index (χ2v) is 6.03. The number of carbonyl (C=O) groups excluding carboxylic acids is 2. The van der Waals surface area contributed by atoms with Gasteiger partial charge < -0.3 is 9.84 Å². The molecule has 0 aromatic heterocycles. The van der Waals surface area contributed by atoms with Crippen LogP contribution >= 0.6 is 0 Å². The molecular formula is C15H27NO4. The lowest BCUT2D eigenvalue weighted by Crippen LogP contribution is -2.32. The highest BCUT2D eigenvalue weighted by molar-refractivity contribution is 6.12. The van der Waals surface area contributed by atoms with Gasteiger partial charge in [-0.3, -0.25) is 14.5 Å². The summed E-state index contributed by atoms with van der Waals surface area (Å²) in [5, 5.41) is 8.39. The second kappa shape index (κ2) is 8.87.